The number of Topliss-reactive ketones (excluding diaryl/α,β-unsaturated/α-hetero) is 1. The van der Waals surface area contributed by atoms with Crippen molar-refractivity contribution in [2.75, 3.05) is 4.90 Å². The zero-order chi connectivity index (χ0) is 11.2. The number of aryl methyl sites for hydroxylation is 1. The van der Waals surface area contributed by atoms with Gasteiger partial charge in [0.25, 0.3) is 11.7 Å². The minimum Gasteiger partial charge on any atom is -0.302 e. The molecule has 0 unspecified atom stereocenters. The maximum absolute atomic E-state index is 11.7. The SMILES string of the molecule is Cc1ccc2c(c1)C(=O)C(=O)N2C(C)C. The van der Waals surface area contributed by atoms with Crippen molar-refractivity contribution < 1.29 is 9.59 Å². The van der Waals surface area contributed by atoms with Crippen LogP contribution in [-0.2, 0) is 4.79 Å². The molecule has 0 saturated carbocycles. The van der Waals surface area contributed by atoms with E-state index in [1.54, 1.807) is 11.0 Å². The van der Waals surface area contributed by atoms with Crippen LogP contribution in [-0.4, -0.2) is 17.7 Å². The molecule has 0 spiro atoms. The summed E-state index contributed by atoms with van der Waals surface area (Å²) in [6, 6.07) is 5.55. The van der Waals surface area contributed by atoms with Crippen LogP contribution in [0.25, 0.3) is 0 Å². The standard InChI is InChI=1S/C12H13NO2/c1-7(2)13-10-5-4-8(3)6-9(10)11(14)12(13)15/h4-7H,1-3H3. The van der Waals surface area contributed by atoms with Crippen LogP contribution >= 0.6 is 0 Å². The maximum Gasteiger partial charge on any atom is 0.299 e. The first-order valence-electron chi connectivity index (χ1n) is 5.01. The predicted octanol–water partition coefficient (Wildman–Crippen LogP) is 1.93. The van der Waals surface area contributed by atoms with E-state index in [2.05, 4.69) is 0 Å². The number of hydrogen-bond donors (Lipinski definition) is 0. The van der Waals surface area contributed by atoms with E-state index in [-0.39, 0.29) is 11.8 Å². The van der Waals surface area contributed by atoms with Gasteiger partial charge in [0.1, 0.15) is 0 Å². The van der Waals surface area contributed by atoms with Crippen LogP contribution in [0, 0.1) is 6.92 Å². The Kier molecular flexibility index (Phi) is 2.11. The number of fused-ring (bicyclic) bond motifs is 1. The molecule has 0 fully saturated rings. The van der Waals surface area contributed by atoms with Crippen LogP contribution in [0.4, 0.5) is 5.69 Å². The van der Waals surface area contributed by atoms with E-state index >= 15 is 0 Å². The molecule has 1 aromatic carbocycles. The Morgan fingerprint density at radius 3 is 2.47 bits per heavy atom. The van der Waals surface area contributed by atoms with E-state index in [1.165, 1.54) is 0 Å². The fraction of sp³-hybridized carbons (Fsp3) is 0.333. The molecule has 2 rings (SSSR count). The Hall–Kier alpha value is -1.64. The van der Waals surface area contributed by atoms with Gasteiger partial charge in [0.15, 0.2) is 0 Å². The fourth-order valence-corrected chi connectivity index (χ4v) is 1.89. The van der Waals surface area contributed by atoms with Gasteiger partial charge in [-0.25, -0.2) is 0 Å². The number of rotatable bonds is 1. The van der Waals surface area contributed by atoms with Crippen molar-refractivity contribution in [3.63, 3.8) is 0 Å². The van der Waals surface area contributed by atoms with E-state index in [1.807, 2.05) is 32.9 Å². The molecular weight excluding hydrogens is 190 g/mol. The lowest BCUT2D eigenvalue weighted by atomic mass is 10.1. The molecule has 1 aliphatic heterocycles. The zero-order valence-corrected chi connectivity index (χ0v) is 9.07. The van der Waals surface area contributed by atoms with E-state index in [4.69, 9.17) is 0 Å². The number of carbonyl (C=O) groups excluding carboxylic acids is 2. The van der Waals surface area contributed by atoms with E-state index in [0.717, 1.165) is 11.3 Å². The van der Waals surface area contributed by atoms with Crippen molar-refractivity contribution >= 4 is 17.4 Å². The van der Waals surface area contributed by atoms with Gasteiger partial charge in [-0.1, -0.05) is 11.6 Å². The minimum atomic E-state index is -0.411. The smallest absolute Gasteiger partial charge is 0.299 e. The first-order valence-corrected chi connectivity index (χ1v) is 5.01. The molecule has 15 heavy (non-hydrogen) atoms. The summed E-state index contributed by atoms with van der Waals surface area (Å²) in [6.45, 7) is 5.72. The maximum atomic E-state index is 11.7. The van der Waals surface area contributed by atoms with Crippen molar-refractivity contribution in [2.45, 2.75) is 26.8 Å². The molecule has 1 amide bonds. The van der Waals surface area contributed by atoms with Crippen molar-refractivity contribution in [1.82, 2.24) is 0 Å². The number of amides is 1. The summed E-state index contributed by atoms with van der Waals surface area (Å²) in [6.07, 6.45) is 0. The Bertz CT molecular complexity index is 449. The average molecular weight is 203 g/mol. The summed E-state index contributed by atoms with van der Waals surface area (Å²) >= 11 is 0. The second-order valence-electron chi connectivity index (χ2n) is 4.12. The third-order valence-electron chi connectivity index (χ3n) is 2.59. The van der Waals surface area contributed by atoms with Crippen LogP contribution in [0.5, 0.6) is 0 Å². The average Bonchev–Trinajstić information content (AvgIpc) is 2.41. The molecule has 1 aliphatic rings. The normalized spacial score (nSPS) is 15.1. The van der Waals surface area contributed by atoms with Gasteiger partial charge < -0.3 is 4.90 Å². The Labute approximate surface area is 88.7 Å². The van der Waals surface area contributed by atoms with Crippen LogP contribution in [0.1, 0.15) is 29.8 Å². The molecule has 0 aromatic heterocycles. The van der Waals surface area contributed by atoms with Crippen LogP contribution in [0.2, 0.25) is 0 Å². The summed E-state index contributed by atoms with van der Waals surface area (Å²) in [7, 11) is 0. The number of hydrogen-bond acceptors (Lipinski definition) is 2. The lowest BCUT2D eigenvalue weighted by Gasteiger charge is -2.20. The number of anilines is 1. The van der Waals surface area contributed by atoms with Crippen molar-refractivity contribution in [2.24, 2.45) is 0 Å². The van der Waals surface area contributed by atoms with Crippen molar-refractivity contribution in [3.8, 4) is 0 Å². The lowest BCUT2D eigenvalue weighted by molar-refractivity contribution is -0.114. The summed E-state index contributed by atoms with van der Waals surface area (Å²) in [5.74, 6) is -0.798. The van der Waals surface area contributed by atoms with Crippen LogP contribution in [0.15, 0.2) is 18.2 Å². The lowest BCUT2D eigenvalue weighted by Crippen LogP contribution is -2.35. The molecule has 0 N–H and O–H groups in total. The van der Waals surface area contributed by atoms with Crippen molar-refractivity contribution in [1.29, 1.82) is 0 Å². The number of ketones is 1. The number of benzene rings is 1. The molecule has 0 bridgehead atoms. The largest absolute Gasteiger partial charge is 0.302 e. The first-order chi connectivity index (χ1) is 7.02. The van der Waals surface area contributed by atoms with Gasteiger partial charge in [0, 0.05) is 6.04 Å². The van der Waals surface area contributed by atoms with Crippen LogP contribution < -0.4 is 4.90 Å². The molecular formula is C12H13NO2. The zero-order valence-electron chi connectivity index (χ0n) is 9.07. The number of nitrogens with zero attached hydrogens (tertiary/aromatic N) is 1. The van der Waals surface area contributed by atoms with Gasteiger partial charge >= 0.3 is 0 Å². The van der Waals surface area contributed by atoms with Gasteiger partial charge in [-0.15, -0.1) is 0 Å². The third-order valence-corrected chi connectivity index (χ3v) is 2.59. The van der Waals surface area contributed by atoms with Gasteiger partial charge in [0.2, 0.25) is 0 Å². The van der Waals surface area contributed by atoms with E-state index in [0.29, 0.717) is 5.56 Å². The Morgan fingerprint density at radius 2 is 1.87 bits per heavy atom. The van der Waals surface area contributed by atoms with Crippen molar-refractivity contribution in [3.05, 3.63) is 29.3 Å². The van der Waals surface area contributed by atoms with Gasteiger partial charge in [-0.3, -0.25) is 9.59 Å². The summed E-state index contributed by atoms with van der Waals surface area (Å²) < 4.78 is 0. The second kappa shape index (κ2) is 3.19. The van der Waals surface area contributed by atoms with Gasteiger partial charge in [0.05, 0.1) is 11.3 Å². The van der Waals surface area contributed by atoms with Gasteiger partial charge in [-0.05, 0) is 32.9 Å². The number of carbonyl (C=O) groups is 2. The summed E-state index contributed by atoms with van der Waals surface area (Å²) in [5.41, 5.74) is 2.28. The quantitative estimate of drug-likeness (QED) is 0.654. The highest BCUT2D eigenvalue weighted by molar-refractivity contribution is 6.52. The molecule has 0 aliphatic carbocycles. The first kappa shape index (κ1) is 9.90. The van der Waals surface area contributed by atoms with E-state index < -0.39 is 5.91 Å². The predicted molar refractivity (Wildman–Crippen MR) is 58.1 cm³/mol. The molecule has 3 nitrogen and oxygen atoms in total. The fourth-order valence-electron chi connectivity index (χ4n) is 1.89. The summed E-state index contributed by atoms with van der Waals surface area (Å²) in [4.78, 5) is 24.9. The molecule has 0 saturated heterocycles. The highest BCUT2D eigenvalue weighted by atomic mass is 16.2. The molecule has 1 aromatic rings. The summed E-state index contributed by atoms with van der Waals surface area (Å²) in [5, 5.41) is 0. The molecule has 78 valence electrons. The molecule has 3 heteroatoms. The molecule has 1 heterocycles. The van der Waals surface area contributed by atoms with E-state index in [9.17, 15) is 9.59 Å². The third kappa shape index (κ3) is 1.35. The Morgan fingerprint density at radius 1 is 1.20 bits per heavy atom. The highest BCUT2D eigenvalue weighted by Gasteiger charge is 2.36. The minimum absolute atomic E-state index is 0.0189. The van der Waals surface area contributed by atoms with Crippen LogP contribution in [0.3, 0.4) is 0 Å². The second-order valence-corrected chi connectivity index (χ2v) is 4.12. The Balaban J connectivity index is 2.60. The molecule has 0 atom stereocenters. The topological polar surface area (TPSA) is 37.4 Å². The van der Waals surface area contributed by atoms with Gasteiger partial charge in [-0.2, -0.15) is 0 Å². The highest BCUT2D eigenvalue weighted by Crippen LogP contribution is 2.31. The molecule has 0 radical (unpaired) electrons. The monoisotopic (exact) mass is 203 g/mol.